The summed E-state index contributed by atoms with van der Waals surface area (Å²) in [7, 11) is 4.24. The molecule has 3 unspecified atom stereocenters. The second-order valence-electron chi connectivity index (χ2n) is 6.63. The molecule has 0 aromatic heterocycles. The van der Waals surface area contributed by atoms with Gasteiger partial charge in [0, 0.05) is 25.7 Å². The molecule has 2 heterocycles. The minimum atomic E-state index is -0.140. The molecule has 0 bridgehead atoms. The average Bonchev–Trinajstić information content (AvgIpc) is 2.81. The summed E-state index contributed by atoms with van der Waals surface area (Å²) in [4.78, 5) is 17.3. The number of hydrogen-bond donors (Lipinski definition) is 1. The minimum absolute atomic E-state index is 0.140. The number of likely N-dealkylation sites (tertiary alicyclic amines) is 1. The van der Waals surface area contributed by atoms with Crippen molar-refractivity contribution in [2.24, 2.45) is 11.3 Å². The first-order valence-corrected chi connectivity index (χ1v) is 7.66. The van der Waals surface area contributed by atoms with Crippen LogP contribution in [0.5, 0.6) is 0 Å². The van der Waals surface area contributed by atoms with Gasteiger partial charge in [0.15, 0.2) is 0 Å². The highest BCUT2D eigenvalue weighted by Crippen LogP contribution is 2.34. The third kappa shape index (κ3) is 2.79. The van der Waals surface area contributed by atoms with Crippen molar-refractivity contribution in [1.29, 1.82) is 0 Å². The van der Waals surface area contributed by atoms with E-state index in [9.17, 15) is 4.79 Å². The molecule has 0 radical (unpaired) electrons. The van der Waals surface area contributed by atoms with Gasteiger partial charge in [-0.1, -0.05) is 13.8 Å². The zero-order valence-electron chi connectivity index (χ0n) is 12.9. The smallest absolute Gasteiger partial charge is 0.230 e. The highest BCUT2D eigenvalue weighted by molar-refractivity contribution is 5.83. The lowest BCUT2D eigenvalue weighted by molar-refractivity contribution is -0.142. The summed E-state index contributed by atoms with van der Waals surface area (Å²) in [6, 6.07) is 0.509. The van der Waals surface area contributed by atoms with E-state index in [4.69, 9.17) is 0 Å². The van der Waals surface area contributed by atoms with Crippen molar-refractivity contribution in [2.75, 3.05) is 40.3 Å². The Kier molecular flexibility index (Phi) is 4.51. The van der Waals surface area contributed by atoms with Crippen LogP contribution in [0.15, 0.2) is 0 Å². The lowest BCUT2D eigenvalue weighted by atomic mass is 9.77. The van der Waals surface area contributed by atoms with Crippen LogP contribution < -0.4 is 5.32 Å². The van der Waals surface area contributed by atoms with Crippen LogP contribution in [0.3, 0.4) is 0 Å². The van der Waals surface area contributed by atoms with Crippen molar-refractivity contribution in [3.8, 4) is 0 Å². The number of piperidine rings is 1. The van der Waals surface area contributed by atoms with E-state index in [1.54, 1.807) is 0 Å². The average molecular weight is 267 g/mol. The van der Waals surface area contributed by atoms with Crippen LogP contribution in [-0.2, 0) is 4.79 Å². The zero-order chi connectivity index (χ0) is 14.0. The number of likely N-dealkylation sites (N-methyl/N-ethyl adjacent to an activating group) is 1. The molecule has 3 atom stereocenters. The summed E-state index contributed by atoms with van der Waals surface area (Å²) in [6.07, 6.45) is 3.13. The minimum Gasteiger partial charge on any atom is -0.340 e. The Morgan fingerprint density at radius 2 is 2.16 bits per heavy atom. The van der Waals surface area contributed by atoms with Crippen molar-refractivity contribution in [3.63, 3.8) is 0 Å². The van der Waals surface area contributed by atoms with Gasteiger partial charge in [0.1, 0.15) is 0 Å². The van der Waals surface area contributed by atoms with Gasteiger partial charge in [-0.3, -0.25) is 4.79 Å². The van der Waals surface area contributed by atoms with Gasteiger partial charge in [-0.2, -0.15) is 0 Å². The fourth-order valence-electron chi connectivity index (χ4n) is 3.73. The molecular weight excluding hydrogens is 238 g/mol. The molecule has 0 spiro atoms. The summed E-state index contributed by atoms with van der Waals surface area (Å²) >= 11 is 0. The van der Waals surface area contributed by atoms with Crippen molar-refractivity contribution in [3.05, 3.63) is 0 Å². The molecule has 0 aromatic carbocycles. The predicted octanol–water partition coefficient (Wildman–Crippen LogP) is 1.17. The van der Waals surface area contributed by atoms with E-state index in [0.29, 0.717) is 17.9 Å². The van der Waals surface area contributed by atoms with Crippen molar-refractivity contribution < 1.29 is 4.79 Å². The summed E-state index contributed by atoms with van der Waals surface area (Å²) in [5, 5.41) is 3.42. The molecule has 2 aliphatic heterocycles. The molecule has 1 N–H and O–H groups in total. The normalized spacial score (nSPS) is 35.9. The van der Waals surface area contributed by atoms with Gasteiger partial charge in [0.2, 0.25) is 5.91 Å². The SMILES string of the molecule is CCC1(C(=O)N2CC(C)C(N(C)C)C2)CCCNC1. The first-order chi connectivity index (χ1) is 9.00. The monoisotopic (exact) mass is 267 g/mol. The Balaban J connectivity index is 2.07. The highest BCUT2D eigenvalue weighted by atomic mass is 16.2. The van der Waals surface area contributed by atoms with E-state index in [1.807, 2.05) is 0 Å². The summed E-state index contributed by atoms with van der Waals surface area (Å²) in [6.45, 7) is 8.16. The molecule has 0 saturated carbocycles. The molecule has 2 saturated heterocycles. The largest absolute Gasteiger partial charge is 0.340 e. The first kappa shape index (κ1) is 14.8. The number of nitrogens with one attached hydrogen (secondary N) is 1. The molecule has 0 aliphatic carbocycles. The first-order valence-electron chi connectivity index (χ1n) is 7.66. The van der Waals surface area contributed by atoms with Crippen LogP contribution >= 0.6 is 0 Å². The van der Waals surface area contributed by atoms with Crippen LogP contribution in [0.2, 0.25) is 0 Å². The Labute approximate surface area is 117 Å². The van der Waals surface area contributed by atoms with Crippen LogP contribution in [0, 0.1) is 11.3 Å². The maximum atomic E-state index is 12.9. The fraction of sp³-hybridized carbons (Fsp3) is 0.933. The van der Waals surface area contributed by atoms with Gasteiger partial charge in [0.05, 0.1) is 5.41 Å². The third-order valence-electron chi connectivity index (χ3n) is 5.13. The standard InChI is InChI=1S/C15H29N3O/c1-5-15(7-6-8-16-11-15)14(19)18-9-12(2)13(10-18)17(3)4/h12-13,16H,5-11H2,1-4H3. The Bertz CT molecular complexity index is 323. The van der Waals surface area contributed by atoms with Gasteiger partial charge >= 0.3 is 0 Å². The van der Waals surface area contributed by atoms with Crippen LogP contribution in [0.4, 0.5) is 0 Å². The molecular formula is C15H29N3O. The van der Waals surface area contributed by atoms with Gasteiger partial charge in [0.25, 0.3) is 0 Å². The van der Waals surface area contributed by atoms with E-state index in [-0.39, 0.29) is 5.41 Å². The maximum absolute atomic E-state index is 12.9. The van der Waals surface area contributed by atoms with E-state index in [0.717, 1.165) is 45.4 Å². The van der Waals surface area contributed by atoms with Crippen molar-refractivity contribution in [1.82, 2.24) is 15.1 Å². The third-order valence-corrected chi connectivity index (χ3v) is 5.13. The Hall–Kier alpha value is -0.610. The van der Waals surface area contributed by atoms with Gasteiger partial charge in [-0.15, -0.1) is 0 Å². The fourth-order valence-corrected chi connectivity index (χ4v) is 3.73. The number of amides is 1. The number of nitrogens with zero attached hydrogens (tertiary/aromatic N) is 2. The maximum Gasteiger partial charge on any atom is 0.230 e. The summed E-state index contributed by atoms with van der Waals surface area (Å²) in [5.74, 6) is 0.961. The van der Waals surface area contributed by atoms with E-state index < -0.39 is 0 Å². The molecule has 19 heavy (non-hydrogen) atoms. The predicted molar refractivity (Wildman–Crippen MR) is 78.0 cm³/mol. The Morgan fingerprint density at radius 3 is 2.63 bits per heavy atom. The second-order valence-corrected chi connectivity index (χ2v) is 6.63. The van der Waals surface area contributed by atoms with Crippen molar-refractivity contribution >= 4 is 5.91 Å². The van der Waals surface area contributed by atoms with Crippen molar-refractivity contribution in [2.45, 2.75) is 39.2 Å². The lowest BCUT2D eigenvalue weighted by Gasteiger charge is -2.38. The van der Waals surface area contributed by atoms with Gasteiger partial charge in [-0.25, -0.2) is 0 Å². The molecule has 0 aromatic rings. The number of carbonyl (C=O) groups is 1. The molecule has 2 aliphatic rings. The highest BCUT2D eigenvalue weighted by Gasteiger charge is 2.44. The Morgan fingerprint density at radius 1 is 1.42 bits per heavy atom. The lowest BCUT2D eigenvalue weighted by Crippen LogP contribution is -2.51. The van der Waals surface area contributed by atoms with Crippen LogP contribution in [-0.4, -0.2) is 62.0 Å². The molecule has 2 fully saturated rings. The molecule has 4 heteroatoms. The topological polar surface area (TPSA) is 35.6 Å². The quantitative estimate of drug-likeness (QED) is 0.834. The zero-order valence-corrected chi connectivity index (χ0v) is 12.9. The van der Waals surface area contributed by atoms with E-state index in [2.05, 4.69) is 43.1 Å². The summed E-state index contributed by atoms with van der Waals surface area (Å²) in [5.41, 5.74) is -0.140. The number of hydrogen-bond acceptors (Lipinski definition) is 3. The molecule has 110 valence electrons. The van der Waals surface area contributed by atoms with Gasteiger partial charge < -0.3 is 15.1 Å². The van der Waals surface area contributed by atoms with Crippen LogP contribution in [0.1, 0.15) is 33.1 Å². The molecule has 1 amide bonds. The van der Waals surface area contributed by atoms with Crippen LogP contribution in [0.25, 0.3) is 0 Å². The number of carbonyl (C=O) groups excluding carboxylic acids is 1. The second kappa shape index (κ2) is 5.80. The van der Waals surface area contributed by atoms with E-state index >= 15 is 0 Å². The number of rotatable bonds is 3. The van der Waals surface area contributed by atoms with E-state index in [1.165, 1.54) is 0 Å². The molecule has 2 rings (SSSR count). The van der Waals surface area contributed by atoms with Gasteiger partial charge in [-0.05, 0) is 45.8 Å². The molecule has 4 nitrogen and oxygen atoms in total. The summed E-state index contributed by atoms with van der Waals surface area (Å²) < 4.78 is 0.